The van der Waals surface area contributed by atoms with Crippen LogP contribution in [-0.4, -0.2) is 30.1 Å². The predicted molar refractivity (Wildman–Crippen MR) is 96.0 cm³/mol. The third-order valence-electron chi connectivity index (χ3n) is 4.41. The lowest BCUT2D eigenvalue weighted by molar-refractivity contribution is 0.234. The molecule has 1 aliphatic rings. The van der Waals surface area contributed by atoms with E-state index in [1.165, 1.54) is 5.69 Å². The second-order valence-corrected chi connectivity index (χ2v) is 6.21. The molecule has 1 aromatic carbocycles. The Bertz CT molecular complexity index is 674. The van der Waals surface area contributed by atoms with Gasteiger partial charge in [-0.2, -0.15) is 0 Å². The highest BCUT2D eigenvalue weighted by Gasteiger charge is 2.21. The largest absolute Gasteiger partial charge is 0.369 e. The normalized spacial score (nSPS) is 17.4. The Hall–Kier alpha value is -2.56. The smallest absolute Gasteiger partial charge is 0.315 e. The number of benzene rings is 1. The highest BCUT2D eigenvalue weighted by atomic mass is 16.2. The van der Waals surface area contributed by atoms with E-state index in [1.807, 2.05) is 37.3 Å². The molecule has 24 heavy (non-hydrogen) atoms. The number of pyridine rings is 1. The summed E-state index contributed by atoms with van der Waals surface area (Å²) in [5.41, 5.74) is 3.21. The molecule has 2 N–H and O–H groups in total. The maximum atomic E-state index is 12.2. The van der Waals surface area contributed by atoms with Crippen LogP contribution in [0.4, 0.5) is 10.5 Å². The molecule has 1 aromatic heterocycles. The van der Waals surface area contributed by atoms with Gasteiger partial charge in [-0.05, 0) is 43.5 Å². The highest BCUT2D eigenvalue weighted by molar-refractivity contribution is 5.74. The molecule has 2 amide bonds. The van der Waals surface area contributed by atoms with E-state index >= 15 is 0 Å². The van der Waals surface area contributed by atoms with Crippen molar-refractivity contribution in [2.24, 2.45) is 0 Å². The number of amides is 2. The Morgan fingerprint density at radius 3 is 2.88 bits per heavy atom. The summed E-state index contributed by atoms with van der Waals surface area (Å²) >= 11 is 0. The van der Waals surface area contributed by atoms with Crippen LogP contribution >= 0.6 is 0 Å². The molecule has 1 atom stereocenters. The number of nitrogens with one attached hydrogen (secondary N) is 2. The molecule has 5 heteroatoms. The molecule has 1 aliphatic heterocycles. The third kappa shape index (κ3) is 4.25. The van der Waals surface area contributed by atoms with Gasteiger partial charge in [0.2, 0.25) is 0 Å². The second-order valence-electron chi connectivity index (χ2n) is 6.21. The van der Waals surface area contributed by atoms with Gasteiger partial charge in [0, 0.05) is 31.0 Å². The summed E-state index contributed by atoms with van der Waals surface area (Å²) < 4.78 is 0. The number of hydrogen-bond donors (Lipinski definition) is 2. The first-order valence-electron chi connectivity index (χ1n) is 8.47. The summed E-state index contributed by atoms with van der Waals surface area (Å²) in [6.07, 6.45) is 3.85. The monoisotopic (exact) mass is 324 g/mol. The van der Waals surface area contributed by atoms with E-state index in [4.69, 9.17) is 0 Å². The van der Waals surface area contributed by atoms with E-state index in [1.54, 1.807) is 6.20 Å². The number of para-hydroxylation sites is 1. The topological polar surface area (TPSA) is 57.3 Å². The minimum Gasteiger partial charge on any atom is -0.369 e. The minimum atomic E-state index is -0.125. The molecule has 3 rings (SSSR count). The SMILES string of the molecule is Cc1cccnc1CNC(=O)N[C@H]1CCCN(c2ccccc2)C1. The molecule has 0 saturated carbocycles. The van der Waals surface area contributed by atoms with Crippen molar-refractivity contribution in [2.75, 3.05) is 18.0 Å². The summed E-state index contributed by atoms with van der Waals surface area (Å²) in [7, 11) is 0. The summed E-state index contributed by atoms with van der Waals surface area (Å²) in [4.78, 5) is 18.8. The van der Waals surface area contributed by atoms with Gasteiger partial charge in [-0.1, -0.05) is 24.3 Å². The second kappa shape index (κ2) is 7.81. The molecule has 0 aliphatic carbocycles. The molecule has 1 saturated heterocycles. The molecule has 0 bridgehead atoms. The lowest BCUT2D eigenvalue weighted by Gasteiger charge is -2.34. The fourth-order valence-electron chi connectivity index (χ4n) is 3.07. The molecular weight excluding hydrogens is 300 g/mol. The molecule has 2 heterocycles. The van der Waals surface area contributed by atoms with E-state index in [0.29, 0.717) is 6.54 Å². The van der Waals surface area contributed by atoms with Gasteiger partial charge >= 0.3 is 6.03 Å². The van der Waals surface area contributed by atoms with Crippen molar-refractivity contribution < 1.29 is 4.79 Å². The lowest BCUT2D eigenvalue weighted by atomic mass is 10.1. The van der Waals surface area contributed by atoms with Crippen LogP contribution in [-0.2, 0) is 6.54 Å². The van der Waals surface area contributed by atoms with Crippen LogP contribution in [0, 0.1) is 6.92 Å². The Labute approximate surface area is 143 Å². The minimum absolute atomic E-state index is 0.125. The average molecular weight is 324 g/mol. The number of hydrogen-bond acceptors (Lipinski definition) is 3. The highest BCUT2D eigenvalue weighted by Crippen LogP contribution is 2.19. The number of piperidine rings is 1. The van der Waals surface area contributed by atoms with Gasteiger partial charge in [-0.25, -0.2) is 4.79 Å². The Morgan fingerprint density at radius 2 is 2.08 bits per heavy atom. The maximum Gasteiger partial charge on any atom is 0.315 e. The lowest BCUT2D eigenvalue weighted by Crippen LogP contribution is -2.50. The fraction of sp³-hybridized carbons (Fsp3) is 0.368. The Kier molecular flexibility index (Phi) is 5.31. The van der Waals surface area contributed by atoms with Crippen molar-refractivity contribution in [3.8, 4) is 0 Å². The zero-order chi connectivity index (χ0) is 16.8. The molecule has 0 spiro atoms. The van der Waals surface area contributed by atoms with Crippen molar-refractivity contribution in [1.82, 2.24) is 15.6 Å². The summed E-state index contributed by atoms with van der Waals surface area (Å²) in [5, 5.41) is 6.00. The number of aryl methyl sites for hydroxylation is 1. The number of carbonyl (C=O) groups is 1. The van der Waals surface area contributed by atoms with Gasteiger partial charge in [-0.3, -0.25) is 4.98 Å². The zero-order valence-electron chi connectivity index (χ0n) is 14.0. The van der Waals surface area contributed by atoms with Gasteiger partial charge < -0.3 is 15.5 Å². The van der Waals surface area contributed by atoms with Crippen molar-refractivity contribution in [1.29, 1.82) is 0 Å². The van der Waals surface area contributed by atoms with Crippen molar-refractivity contribution >= 4 is 11.7 Å². The standard InChI is InChI=1S/C19H24N4O/c1-15-7-5-11-20-18(15)13-21-19(24)22-16-8-6-12-23(14-16)17-9-3-2-4-10-17/h2-5,7,9-11,16H,6,8,12-14H2,1H3,(H2,21,22,24)/t16-/m0/s1. The fourth-order valence-corrected chi connectivity index (χ4v) is 3.07. The molecule has 5 nitrogen and oxygen atoms in total. The third-order valence-corrected chi connectivity index (χ3v) is 4.41. The number of rotatable bonds is 4. The number of urea groups is 1. The van der Waals surface area contributed by atoms with E-state index in [2.05, 4.69) is 32.7 Å². The van der Waals surface area contributed by atoms with Crippen LogP contribution in [0.2, 0.25) is 0 Å². The summed E-state index contributed by atoms with van der Waals surface area (Å²) in [6.45, 7) is 4.34. The van der Waals surface area contributed by atoms with Gasteiger partial charge in [0.15, 0.2) is 0 Å². The van der Waals surface area contributed by atoms with E-state index in [0.717, 1.165) is 37.2 Å². The zero-order valence-corrected chi connectivity index (χ0v) is 14.0. The van der Waals surface area contributed by atoms with E-state index < -0.39 is 0 Å². The Balaban J connectivity index is 1.50. The van der Waals surface area contributed by atoms with Gasteiger partial charge in [0.1, 0.15) is 0 Å². The first-order valence-corrected chi connectivity index (χ1v) is 8.47. The van der Waals surface area contributed by atoms with Crippen LogP contribution in [0.1, 0.15) is 24.1 Å². The first-order chi connectivity index (χ1) is 11.7. The van der Waals surface area contributed by atoms with Crippen molar-refractivity contribution in [3.05, 3.63) is 59.9 Å². The number of carbonyl (C=O) groups excluding carboxylic acids is 1. The number of anilines is 1. The van der Waals surface area contributed by atoms with Crippen LogP contribution < -0.4 is 15.5 Å². The first kappa shape index (κ1) is 16.3. The molecule has 1 fully saturated rings. The van der Waals surface area contributed by atoms with Gasteiger partial charge in [-0.15, -0.1) is 0 Å². The van der Waals surface area contributed by atoms with Gasteiger partial charge in [0.05, 0.1) is 12.2 Å². The quantitative estimate of drug-likeness (QED) is 0.909. The van der Waals surface area contributed by atoms with Crippen molar-refractivity contribution in [2.45, 2.75) is 32.4 Å². The number of aromatic nitrogens is 1. The van der Waals surface area contributed by atoms with Crippen LogP contribution in [0.25, 0.3) is 0 Å². The number of nitrogens with zero attached hydrogens (tertiary/aromatic N) is 2. The van der Waals surface area contributed by atoms with E-state index in [-0.39, 0.29) is 12.1 Å². The maximum absolute atomic E-state index is 12.2. The van der Waals surface area contributed by atoms with Crippen LogP contribution in [0.5, 0.6) is 0 Å². The predicted octanol–water partition coefficient (Wildman–Crippen LogP) is 2.86. The van der Waals surface area contributed by atoms with Crippen LogP contribution in [0.15, 0.2) is 48.7 Å². The van der Waals surface area contributed by atoms with E-state index in [9.17, 15) is 4.79 Å². The molecule has 0 unspecified atom stereocenters. The average Bonchev–Trinajstić information content (AvgIpc) is 2.62. The van der Waals surface area contributed by atoms with Crippen molar-refractivity contribution in [3.63, 3.8) is 0 Å². The molecule has 126 valence electrons. The molecule has 2 aromatic rings. The van der Waals surface area contributed by atoms with Gasteiger partial charge in [0.25, 0.3) is 0 Å². The molecular formula is C19H24N4O. The van der Waals surface area contributed by atoms with Crippen LogP contribution in [0.3, 0.4) is 0 Å². The summed E-state index contributed by atoms with van der Waals surface area (Å²) in [5.74, 6) is 0. The summed E-state index contributed by atoms with van der Waals surface area (Å²) in [6, 6.07) is 14.3. The Morgan fingerprint density at radius 1 is 1.25 bits per heavy atom. The molecule has 0 radical (unpaired) electrons.